The van der Waals surface area contributed by atoms with Crippen molar-refractivity contribution in [2.24, 2.45) is 0 Å². The van der Waals surface area contributed by atoms with E-state index in [4.69, 9.17) is 0 Å². The highest BCUT2D eigenvalue weighted by Crippen LogP contribution is 2.31. The third-order valence-corrected chi connectivity index (χ3v) is 4.41. The Bertz CT molecular complexity index is 572. The number of hydrogen-bond donors (Lipinski definition) is 2. The van der Waals surface area contributed by atoms with Crippen LogP contribution in [0.1, 0.15) is 18.1 Å². The van der Waals surface area contributed by atoms with Gasteiger partial charge in [0.15, 0.2) is 0 Å². The Morgan fingerprint density at radius 1 is 1.05 bits per heavy atom. The Labute approximate surface area is 136 Å². The van der Waals surface area contributed by atoms with E-state index < -0.39 is 0 Å². The first kappa shape index (κ1) is 15.5. The van der Waals surface area contributed by atoms with Crippen LogP contribution in [-0.2, 0) is 13.1 Å². The van der Waals surface area contributed by atoms with E-state index in [1.807, 2.05) is 18.2 Å². The fourth-order valence-corrected chi connectivity index (χ4v) is 3.53. The van der Waals surface area contributed by atoms with Crippen molar-refractivity contribution < 1.29 is 10.0 Å². The van der Waals surface area contributed by atoms with Crippen LogP contribution in [0.5, 0.6) is 5.75 Å². The topological polar surface area (TPSA) is 24.7 Å². The fraction of sp³-hybridized carbons (Fsp3) is 0.250. The quantitative estimate of drug-likeness (QED) is 0.789. The summed E-state index contributed by atoms with van der Waals surface area (Å²) in [6, 6.07) is 14.3. The number of phenolic OH excluding ortho intramolecular Hbond substituents is 1. The summed E-state index contributed by atoms with van der Waals surface area (Å²) < 4.78 is 1.71. The van der Waals surface area contributed by atoms with Crippen LogP contribution in [0.3, 0.4) is 0 Å². The minimum Gasteiger partial charge on any atom is -0.506 e. The van der Waals surface area contributed by atoms with Gasteiger partial charge in [0.05, 0.1) is 16.6 Å². The summed E-state index contributed by atoms with van der Waals surface area (Å²) in [5.74, 6) is 0.340. The Morgan fingerprint density at radius 2 is 1.75 bits per heavy atom. The average molecular weight is 400 g/mol. The maximum Gasteiger partial charge on any atom is 0.138 e. The lowest BCUT2D eigenvalue weighted by Crippen LogP contribution is -3.09. The van der Waals surface area contributed by atoms with E-state index >= 15 is 0 Å². The molecule has 0 heterocycles. The molecule has 20 heavy (non-hydrogen) atoms. The van der Waals surface area contributed by atoms with Gasteiger partial charge in [0.25, 0.3) is 0 Å². The van der Waals surface area contributed by atoms with Crippen LogP contribution in [0.2, 0.25) is 0 Å². The molecule has 106 valence electrons. The highest BCUT2D eigenvalue weighted by atomic mass is 79.9. The minimum absolute atomic E-state index is 0.340. The molecule has 2 aromatic rings. The maximum absolute atomic E-state index is 10.2. The molecule has 0 fully saturated rings. The van der Waals surface area contributed by atoms with Crippen LogP contribution in [0.25, 0.3) is 0 Å². The van der Waals surface area contributed by atoms with Crippen LogP contribution < -0.4 is 4.90 Å². The number of phenols is 1. The number of rotatable bonds is 5. The molecule has 0 radical (unpaired) electrons. The van der Waals surface area contributed by atoms with Gasteiger partial charge in [-0.05, 0) is 35.0 Å². The van der Waals surface area contributed by atoms with Crippen molar-refractivity contribution in [2.75, 3.05) is 6.54 Å². The molecule has 0 saturated carbocycles. The molecular weight excluding hydrogens is 382 g/mol. The lowest BCUT2D eigenvalue weighted by molar-refractivity contribution is -0.925. The number of nitrogens with one attached hydrogen (secondary N) is 1. The number of benzene rings is 2. The van der Waals surface area contributed by atoms with E-state index in [2.05, 4.69) is 63.0 Å². The average Bonchev–Trinajstić information content (AvgIpc) is 2.44. The maximum atomic E-state index is 10.2. The molecule has 4 heteroatoms. The molecule has 2 rings (SSSR count). The number of hydrogen-bond acceptors (Lipinski definition) is 1. The second kappa shape index (κ2) is 7.25. The van der Waals surface area contributed by atoms with Gasteiger partial charge in [-0.2, -0.15) is 0 Å². The smallest absolute Gasteiger partial charge is 0.138 e. The van der Waals surface area contributed by atoms with Gasteiger partial charge in [0, 0.05) is 10.0 Å². The van der Waals surface area contributed by atoms with Crippen molar-refractivity contribution in [3.05, 3.63) is 62.5 Å². The third-order valence-electron chi connectivity index (χ3n) is 3.34. The molecule has 0 bridgehead atoms. The van der Waals surface area contributed by atoms with Gasteiger partial charge in [0.2, 0.25) is 0 Å². The molecular formula is C16H18Br2NO+. The summed E-state index contributed by atoms with van der Waals surface area (Å²) in [6.45, 7) is 4.94. The molecule has 0 spiro atoms. The standard InChI is InChI=1S/C16H17Br2NO/c1-2-19(10-12-6-4-3-5-7-12)11-13-8-14(17)9-15(18)16(13)20/h3-9,20H,2,10-11H2,1H3/p+1. The van der Waals surface area contributed by atoms with Gasteiger partial charge in [-0.1, -0.05) is 46.3 Å². The SMILES string of the molecule is CC[NH+](Cc1ccccc1)Cc1cc(Br)cc(Br)c1O. The highest BCUT2D eigenvalue weighted by molar-refractivity contribution is 9.11. The zero-order valence-electron chi connectivity index (χ0n) is 11.4. The summed E-state index contributed by atoms with van der Waals surface area (Å²) in [5.41, 5.74) is 2.27. The molecule has 2 aromatic carbocycles. The number of quaternary nitrogens is 1. The van der Waals surface area contributed by atoms with E-state index in [0.29, 0.717) is 5.75 Å². The van der Waals surface area contributed by atoms with Crippen LogP contribution >= 0.6 is 31.9 Å². The Morgan fingerprint density at radius 3 is 2.40 bits per heavy atom. The van der Waals surface area contributed by atoms with Crippen LogP contribution in [0.15, 0.2) is 51.4 Å². The predicted molar refractivity (Wildman–Crippen MR) is 88.9 cm³/mol. The van der Waals surface area contributed by atoms with Gasteiger partial charge in [-0.25, -0.2) is 0 Å². The van der Waals surface area contributed by atoms with E-state index in [1.54, 1.807) is 0 Å². The lowest BCUT2D eigenvalue weighted by Gasteiger charge is -2.19. The van der Waals surface area contributed by atoms with Crippen molar-refractivity contribution >= 4 is 31.9 Å². The van der Waals surface area contributed by atoms with Gasteiger partial charge in [0.1, 0.15) is 18.8 Å². The first-order chi connectivity index (χ1) is 9.60. The first-order valence-electron chi connectivity index (χ1n) is 6.64. The normalized spacial score (nSPS) is 12.3. The van der Waals surface area contributed by atoms with Crippen molar-refractivity contribution in [1.82, 2.24) is 0 Å². The van der Waals surface area contributed by atoms with E-state index in [0.717, 1.165) is 34.1 Å². The predicted octanol–water partition coefficient (Wildman–Crippen LogP) is 3.52. The molecule has 0 aromatic heterocycles. The van der Waals surface area contributed by atoms with Crippen molar-refractivity contribution in [3.63, 3.8) is 0 Å². The van der Waals surface area contributed by atoms with Crippen molar-refractivity contribution in [1.29, 1.82) is 0 Å². The Balaban J connectivity index is 2.14. The van der Waals surface area contributed by atoms with Crippen molar-refractivity contribution in [3.8, 4) is 5.75 Å². The summed E-state index contributed by atoms with van der Waals surface area (Å²) in [5, 5.41) is 10.2. The number of halogens is 2. The summed E-state index contributed by atoms with van der Waals surface area (Å²) in [4.78, 5) is 1.41. The van der Waals surface area contributed by atoms with Gasteiger partial charge in [-0.15, -0.1) is 0 Å². The molecule has 1 atom stereocenters. The first-order valence-corrected chi connectivity index (χ1v) is 8.23. The zero-order chi connectivity index (χ0) is 14.5. The van der Waals surface area contributed by atoms with Gasteiger partial charge >= 0.3 is 0 Å². The molecule has 0 saturated heterocycles. The second-order valence-corrected chi connectivity index (χ2v) is 6.61. The molecule has 0 aliphatic carbocycles. The summed E-state index contributed by atoms with van der Waals surface area (Å²) >= 11 is 6.86. The molecule has 2 nitrogen and oxygen atoms in total. The van der Waals surface area contributed by atoms with E-state index in [-0.39, 0.29) is 0 Å². The van der Waals surface area contributed by atoms with E-state index in [9.17, 15) is 5.11 Å². The largest absolute Gasteiger partial charge is 0.506 e. The van der Waals surface area contributed by atoms with Gasteiger partial charge in [-0.3, -0.25) is 0 Å². The van der Waals surface area contributed by atoms with Gasteiger partial charge < -0.3 is 10.0 Å². The minimum atomic E-state index is 0.340. The lowest BCUT2D eigenvalue weighted by atomic mass is 10.1. The molecule has 2 N–H and O–H groups in total. The Hall–Kier alpha value is -0.840. The molecule has 1 unspecified atom stereocenters. The van der Waals surface area contributed by atoms with Crippen LogP contribution in [-0.4, -0.2) is 11.7 Å². The van der Waals surface area contributed by atoms with Crippen LogP contribution in [0.4, 0.5) is 0 Å². The number of aromatic hydroxyl groups is 1. The zero-order valence-corrected chi connectivity index (χ0v) is 14.5. The molecule has 0 amide bonds. The fourth-order valence-electron chi connectivity index (χ4n) is 2.22. The highest BCUT2D eigenvalue weighted by Gasteiger charge is 2.14. The summed E-state index contributed by atoms with van der Waals surface area (Å²) in [6.07, 6.45) is 0. The van der Waals surface area contributed by atoms with Crippen molar-refractivity contribution in [2.45, 2.75) is 20.0 Å². The monoisotopic (exact) mass is 398 g/mol. The molecule has 0 aliphatic rings. The summed E-state index contributed by atoms with van der Waals surface area (Å²) in [7, 11) is 0. The third kappa shape index (κ3) is 4.08. The molecule has 0 aliphatic heterocycles. The van der Waals surface area contributed by atoms with E-state index in [1.165, 1.54) is 10.5 Å². The van der Waals surface area contributed by atoms with Crippen LogP contribution in [0, 0.1) is 0 Å². The second-order valence-electron chi connectivity index (χ2n) is 4.84. The Kier molecular flexibility index (Phi) is 5.64.